The lowest BCUT2D eigenvalue weighted by Crippen LogP contribution is -2.11. The first-order valence-electron chi connectivity index (χ1n) is 34.0. The maximum absolute atomic E-state index is 14.0. The molecule has 2 saturated carbocycles. The van der Waals surface area contributed by atoms with Gasteiger partial charge < -0.3 is 48.9 Å². The highest BCUT2D eigenvalue weighted by Crippen LogP contribution is 2.43. The first-order chi connectivity index (χ1) is 52.7. The average molecular weight is 1490 g/mol. The molecule has 34 heteroatoms. The number of rotatable bonds is 15. The van der Waals surface area contributed by atoms with Crippen molar-refractivity contribution in [1.29, 1.82) is 0 Å². The minimum Gasteiger partial charge on any atom is -0.497 e. The molecule has 0 aliphatic heterocycles. The number of imidazole rings is 4. The molecule has 29 nitrogen and oxygen atoms in total. The van der Waals surface area contributed by atoms with Crippen molar-refractivity contribution in [3.8, 4) is 29.5 Å². The first kappa shape index (κ1) is 70.5. The summed E-state index contributed by atoms with van der Waals surface area (Å²) in [6.07, 6.45) is 4.15. The van der Waals surface area contributed by atoms with Gasteiger partial charge >= 0.3 is 0 Å². The average Bonchev–Trinajstić information content (AvgIpc) is 1.63. The van der Waals surface area contributed by atoms with Crippen LogP contribution in [0.3, 0.4) is 0 Å². The number of nitrogen functional groups attached to an aromatic ring is 4. The normalized spacial score (nSPS) is 12.4. The van der Waals surface area contributed by atoms with E-state index in [1.165, 1.54) is 36.4 Å². The second-order valence-corrected chi connectivity index (χ2v) is 25.8. The molecule has 2 fully saturated rings. The summed E-state index contributed by atoms with van der Waals surface area (Å²) in [7, 11) is 1.60. The maximum atomic E-state index is 14.0. The number of anilines is 12. The number of ether oxygens (including phenoxy) is 1. The second kappa shape index (κ2) is 29.8. The molecular weight excluding hydrogens is 1420 g/mol. The molecule has 8 heterocycles. The summed E-state index contributed by atoms with van der Waals surface area (Å²) in [5, 5.41) is 13.0. The number of hydrogen-bond acceptors (Lipinski definition) is 25. The number of halogens is 5. The van der Waals surface area contributed by atoms with E-state index in [1.54, 1.807) is 99.9 Å². The standard InChI is InChI=1S/C20H18FN7.C19H15ClFN7.C18H16FN7O.C18H16FN7/c1-11-2-7-14(8-3-11)23-19-25-18(22)26-20(27-19)28-16-10-13(21)6-9-15(16)24-17(28)12-4-5-12;20-11-3-6-13(7-4-11)23-18-25-17(22)26-19(27-18)28-15-9-12(21)5-8-14(15)24-16(28)10-1-2-10;1-10-21-15-13(19)4-3-5-14(15)26(10)18-24-16(20)23-17(25-18)22-11-6-8-12(27-2)9-7-11;1-10-6-8-12(9-7-10)22-17-23-16(20)24-18(25-17)26-11(2)21-15-13(19)4-3-5-14(15)26/h2-3,6-10,12H,4-5H2,1H3,(H3,22,23,25,26,27);3-10H,1-2H2,(H3,22,23,25,26,27);3-9H,1-2H3,(H3,20,22,23,24,25);3-9H,1-2H3,(H3,20,22,23,24,25). The van der Waals surface area contributed by atoms with E-state index >= 15 is 0 Å². The Bertz CT molecular complexity index is 5880. The molecule has 0 atom stereocenters. The Balaban J connectivity index is 0.000000116. The Morgan fingerprint density at radius 2 is 0.697 bits per heavy atom. The van der Waals surface area contributed by atoms with Gasteiger partial charge in [0, 0.05) is 51.7 Å². The van der Waals surface area contributed by atoms with Crippen LogP contribution in [0.1, 0.15) is 71.9 Å². The SMILES string of the molecule is COc1ccc(Nc2nc(N)nc(-n3c(C)nc4c(F)cccc43)n2)cc1.Cc1ccc(Nc2nc(N)nc(-n3c(C)nc4c(F)cccc43)n2)cc1.Cc1ccc(Nc2nc(N)nc(-n3c(C4CC4)nc4ccc(F)cc43)n2)cc1.Nc1nc(Nc2ccc(Cl)cc2)nc(-n2c(C3CC3)nc3ccc(F)cc32)n1. The third-order valence-corrected chi connectivity index (χ3v) is 17.5. The van der Waals surface area contributed by atoms with E-state index in [0.29, 0.717) is 85.4 Å². The van der Waals surface area contributed by atoms with Crippen molar-refractivity contribution in [1.82, 2.24) is 98.0 Å². The summed E-state index contributed by atoms with van der Waals surface area (Å²) in [6.45, 7) is 7.53. The quantitative estimate of drug-likeness (QED) is 0.0442. The lowest BCUT2D eigenvalue weighted by atomic mass is 10.2. The third-order valence-electron chi connectivity index (χ3n) is 17.2. The fourth-order valence-electron chi connectivity index (χ4n) is 11.8. The molecule has 12 N–H and O–H groups in total. The van der Waals surface area contributed by atoms with Gasteiger partial charge in [0.2, 0.25) is 71.4 Å². The molecule has 2 aliphatic carbocycles. The molecule has 0 spiro atoms. The van der Waals surface area contributed by atoms with Gasteiger partial charge in [-0.25, -0.2) is 37.5 Å². The molecule has 8 aromatic carbocycles. The Morgan fingerprint density at radius 1 is 0.367 bits per heavy atom. The Labute approximate surface area is 622 Å². The van der Waals surface area contributed by atoms with E-state index in [0.717, 1.165) is 77.0 Å². The smallest absolute Gasteiger partial charge is 0.242 e. The number of methoxy groups -OCH3 is 1. The molecule has 0 amide bonds. The number of benzene rings is 8. The van der Waals surface area contributed by atoms with Gasteiger partial charge in [-0.15, -0.1) is 0 Å². The molecule has 8 aromatic heterocycles. The van der Waals surface area contributed by atoms with Crippen LogP contribution < -0.4 is 48.9 Å². The Kier molecular flexibility index (Phi) is 19.3. The molecule has 0 saturated heterocycles. The number of aromatic nitrogens is 20. The van der Waals surface area contributed by atoms with Crippen LogP contribution in [-0.4, -0.2) is 105 Å². The highest BCUT2D eigenvalue weighted by Gasteiger charge is 2.33. The van der Waals surface area contributed by atoms with Crippen LogP contribution in [-0.2, 0) is 0 Å². The van der Waals surface area contributed by atoms with Gasteiger partial charge in [0.05, 0.1) is 40.2 Å². The van der Waals surface area contributed by atoms with E-state index in [2.05, 4.69) is 101 Å². The van der Waals surface area contributed by atoms with E-state index in [4.69, 9.17) is 39.3 Å². The van der Waals surface area contributed by atoms with Crippen molar-refractivity contribution in [3.63, 3.8) is 0 Å². The highest BCUT2D eigenvalue weighted by atomic mass is 35.5. The van der Waals surface area contributed by atoms with E-state index < -0.39 is 11.6 Å². The van der Waals surface area contributed by atoms with Gasteiger partial charge in [0.15, 0.2) is 11.6 Å². The first-order valence-corrected chi connectivity index (χ1v) is 34.4. The van der Waals surface area contributed by atoms with Crippen LogP contribution >= 0.6 is 11.6 Å². The van der Waals surface area contributed by atoms with Crippen LogP contribution in [0.15, 0.2) is 170 Å². The summed E-state index contributed by atoms with van der Waals surface area (Å²) < 4.78 is 67.8. The molecule has 0 bridgehead atoms. The fourth-order valence-corrected chi connectivity index (χ4v) is 11.9. The van der Waals surface area contributed by atoms with Crippen molar-refractivity contribution >= 4 is 126 Å². The largest absolute Gasteiger partial charge is 0.497 e. The zero-order valence-electron chi connectivity index (χ0n) is 58.7. The van der Waals surface area contributed by atoms with Crippen LogP contribution in [0.25, 0.3) is 67.9 Å². The molecule has 109 heavy (non-hydrogen) atoms. The summed E-state index contributed by atoms with van der Waals surface area (Å²) in [5.74, 6) is 5.16. The van der Waals surface area contributed by atoms with Crippen LogP contribution in [0.5, 0.6) is 5.75 Å². The van der Waals surface area contributed by atoms with Gasteiger partial charge in [-0.3, -0.25) is 18.3 Å². The number of para-hydroxylation sites is 2. The third kappa shape index (κ3) is 15.8. The number of aryl methyl sites for hydroxylation is 4. The van der Waals surface area contributed by atoms with E-state index in [9.17, 15) is 17.6 Å². The van der Waals surface area contributed by atoms with Crippen molar-refractivity contribution in [2.24, 2.45) is 0 Å². The predicted octanol–water partition coefficient (Wildman–Crippen LogP) is 14.4. The molecule has 0 unspecified atom stereocenters. The number of fused-ring (bicyclic) bond motifs is 4. The molecular formula is C75H65ClF4N28O. The number of nitrogens with one attached hydrogen (secondary N) is 4. The monoisotopic (exact) mass is 1480 g/mol. The number of hydrogen-bond donors (Lipinski definition) is 8. The zero-order chi connectivity index (χ0) is 75.7. The molecule has 0 radical (unpaired) electrons. The Hall–Kier alpha value is -14.1. The van der Waals surface area contributed by atoms with Crippen LogP contribution in [0, 0.1) is 51.0 Å². The molecule has 546 valence electrons. The molecule has 16 aromatic rings. The van der Waals surface area contributed by atoms with Crippen LogP contribution in [0.4, 0.5) is 87.9 Å². The maximum Gasteiger partial charge on any atom is 0.242 e. The van der Waals surface area contributed by atoms with E-state index in [-0.39, 0.29) is 70.3 Å². The molecule has 18 rings (SSSR count). The minimum atomic E-state index is -0.409. The van der Waals surface area contributed by atoms with Crippen molar-refractivity contribution in [2.75, 3.05) is 51.3 Å². The van der Waals surface area contributed by atoms with Gasteiger partial charge in [-0.05, 0) is 175 Å². The summed E-state index contributed by atoms with van der Waals surface area (Å²) in [4.78, 5) is 69.3. The minimum absolute atomic E-state index is 0.0358. The molecule has 2 aliphatic rings. The summed E-state index contributed by atoms with van der Waals surface area (Å²) >= 11 is 5.92. The number of nitrogens with zero attached hydrogens (tertiary/aromatic N) is 20. The van der Waals surface area contributed by atoms with Gasteiger partial charge in [-0.1, -0.05) is 59.1 Å². The number of nitrogens with two attached hydrogens (primary N) is 4. The fraction of sp³-hybridized carbons (Fsp3) is 0.147. The summed E-state index contributed by atoms with van der Waals surface area (Å²) in [5.41, 5.74) is 33.3. The summed E-state index contributed by atoms with van der Waals surface area (Å²) in [6, 6.07) is 48.5. The van der Waals surface area contributed by atoms with Crippen molar-refractivity contribution in [3.05, 3.63) is 233 Å². The van der Waals surface area contributed by atoms with Gasteiger partial charge in [0.1, 0.15) is 51.7 Å². The topological polar surface area (TPSA) is 387 Å². The highest BCUT2D eigenvalue weighted by molar-refractivity contribution is 6.30. The zero-order valence-corrected chi connectivity index (χ0v) is 59.5. The van der Waals surface area contributed by atoms with Crippen LogP contribution in [0.2, 0.25) is 5.02 Å². The van der Waals surface area contributed by atoms with E-state index in [1.807, 2.05) is 86.6 Å². The Morgan fingerprint density at radius 3 is 1.04 bits per heavy atom. The second-order valence-electron chi connectivity index (χ2n) is 25.4. The predicted molar refractivity (Wildman–Crippen MR) is 409 cm³/mol. The van der Waals surface area contributed by atoms with Crippen molar-refractivity contribution < 1.29 is 22.3 Å². The van der Waals surface area contributed by atoms with Crippen molar-refractivity contribution in [2.45, 2.75) is 65.2 Å². The van der Waals surface area contributed by atoms with Gasteiger partial charge in [0.25, 0.3) is 0 Å². The lowest BCUT2D eigenvalue weighted by molar-refractivity contribution is 0.415. The lowest BCUT2D eigenvalue weighted by Gasteiger charge is -2.10. The van der Waals surface area contributed by atoms with Gasteiger partial charge in [-0.2, -0.15) is 59.8 Å².